The predicted molar refractivity (Wildman–Crippen MR) is 78.1 cm³/mol. The van der Waals surface area contributed by atoms with E-state index in [4.69, 9.17) is 14.6 Å². The highest BCUT2D eigenvalue weighted by Gasteiger charge is 2.55. The summed E-state index contributed by atoms with van der Waals surface area (Å²) in [6.45, 7) is 6.37. The van der Waals surface area contributed by atoms with Crippen LogP contribution in [-0.4, -0.2) is 40.8 Å². The average molecular weight is 305 g/mol. The monoisotopic (exact) mass is 305 g/mol. The van der Waals surface area contributed by atoms with E-state index in [0.29, 0.717) is 18.9 Å². The van der Waals surface area contributed by atoms with Crippen LogP contribution in [0.2, 0.25) is 0 Å². The fourth-order valence-corrected chi connectivity index (χ4v) is 2.93. The quantitative estimate of drug-likeness (QED) is 0.863. The molecule has 22 heavy (non-hydrogen) atoms. The zero-order chi connectivity index (χ0) is 16.1. The highest BCUT2D eigenvalue weighted by Crippen LogP contribution is 2.49. The highest BCUT2D eigenvalue weighted by atomic mass is 16.6. The Balaban J connectivity index is 1.92. The van der Waals surface area contributed by atoms with Gasteiger partial charge in [0, 0.05) is 12.1 Å². The second-order valence-corrected chi connectivity index (χ2v) is 6.72. The van der Waals surface area contributed by atoms with Crippen LogP contribution in [0.25, 0.3) is 0 Å². The second kappa shape index (κ2) is 4.63. The van der Waals surface area contributed by atoms with Gasteiger partial charge in [-0.15, -0.1) is 0 Å². The van der Waals surface area contributed by atoms with Gasteiger partial charge in [0.15, 0.2) is 0 Å². The number of nitrogens with zero attached hydrogens (tertiary/aromatic N) is 1. The molecule has 1 aromatic rings. The third-order valence-corrected chi connectivity index (χ3v) is 4.07. The number of fused-ring (bicyclic) bond motifs is 2. The number of benzene rings is 1. The number of carbonyl (C=O) groups is 2. The van der Waals surface area contributed by atoms with Crippen LogP contribution in [0.5, 0.6) is 5.75 Å². The Morgan fingerprint density at radius 2 is 2.09 bits per heavy atom. The molecule has 0 aliphatic carbocycles. The summed E-state index contributed by atoms with van der Waals surface area (Å²) in [6.07, 6.45) is 0.346. The van der Waals surface area contributed by atoms with Crippen LogP contribution in [0.15, 0.2) is 18.2 Å². The van der Waals surface area contributed by atoms with Gasteiger partial charge in [-0.25, -0.2) is 9.59 Å². The molecule has 3 rings (SSSR count). The number of ether oxygens (including phenoxy) is 2. The largest absolute Gasteiger partial charge is 0.490 e. The average Bonchev–Trinajstić information content (AvgIpc) is 2.75. The van der Waals surface area contributed by atoms with E-state index in [9.17, 15) is 9.59 Å². The molecule has 0 radical (unpaired) electrons. The van der Waals surface area contributed by atoms with Gasteiger partial charge < -0.3 is 14.6 Å². The number of amides is 1. The molecule has 1 aromatic carbocycles. The van der Waals surface area contributed by atoms with Crippen LogP contribution in [0, 0.1) is 0 Å². The van der Waals surface area contributed by atoms with Gasteiger partial charge in [0.1, 0.15) is 23.5 Å². The van der Waals surface area contributed by atoms with Gasteiger partial charge in [0.2, 0.25) is 0 Å². The molecule has 6 nitrogen and oxygen atoms in total. The molecule has 1 saturated heterocycles. The lowest BCUT2D eigenvalue weighted by Gasteiger charge is -2.49. The Hall–Kier alpha value is -2.24. The summed E-state index contributed by atoms with van der Waals surface area (Å²) in [4.78, 5) is 25.2. The maximum Gasteiger partial charge on any atom is 0.411 e. The van der Waals surface area contributed by atoms with Crippen molar-refractivity contribution in [1.82, 2.24) is 4.90 Å². The molecular formula is C16H19NO5. The molecule has 1 N–H and O–H groups in total. The van der Waals surface area contributed by atoms with Gasteiger partial charge in [0.25, 0.3) is 0 Å². The van der Waals surface area contributed by atoms with E-state index in [-0.39, 0.29) is 5.56 Å². The van der Waals surface area contributed by atoms with Crippen molar-refractivity contribution in [3.05, 3.63) is 29.3 Å². The van der Waals surface area contributed by atoms with Crippen LogP contribution in [-0.2, 0) is 10.3 Å². The van der Waals surface area contributed by atoms with E-state index in [0.717, 1.165) is 12.0 Å². The van der Waals surface area contributed by atoms with Crippen molar-refractivity contribution in [2.45, 2.75) is 38.3 Å². The van der Waals surface area contributed by atoms with Crippen molar-refractivity contribution in [3.63, 3.8) is 0 Å². The lowest BCUT2D eigenvalue weighted by atomic mass is 9.79. The van der Waals surface area contributed by atoms with Crippen LogP contribution in [0.4, 0.5) is 4.79 Å². The van der Waals surface area contributed by atoms with Gasteiger partial charge >= 0.3 is 12.1 Å². The van der Waals surface area contributed by atoms with Crippen molar-refractivity contribution in [2.24, 2.45) is 0 Å². The molecule has 1 atom stereocenters. The number of likely N-dealkylation sites (tertiary alicyclic amines) is 1. The fraction of sp³-hybridized carbons (Fsp3) is 0.500. The first-order chi connectivity index (χ1) is 10.2. The fourth-order valence-electron chi connectivity index (χ4n) is 2.93. The summed E-state index contributed by atoms with van der Waals surface area (Å²) >= 11 is 0. The van der Waals surface area contributed by atoms with E-state index >= 15 is 0 Å². The summed E-state index contributed by atoms with van der Waals surface area (Å²) in [6, 6.07) is 4.76. The van der Waals surface area contributed by atoms with Crippen molar-refractivity contribution in [3.8, 4) is 5.75 Å². The maximum absolute atomic E-state index is 12.4. The lowest BCUT2D eigenvalue weighted by molar-refractivity contribution is -0.0539. The van der Waals surface area contributed by atoms with E-state index in [1.807, 2.05) is 20.8 Å². The Bertz CT molecular complexity index is 648. The topological polar surface area (TPSA) is 76.1 Å². The first-order valence-electron chi connectivity index (χ1n) is 7.24. The van der Waals surface area contributed by atoms with Gasteiger partial charge in [-0.05, 0) is 45.4 Å². The molecule has 6 heteroatoms. The van der Waals surface area contributed by atoms with Crippen LogP contribution >= 0.6 is 0 Å². The number of carbonyl (C=O) groups excluding carboxylic acids is 1. The summed E-state index contributed by atoms with van der Waals surface area (Å²) in [5.74, 6) is -0.355. The molecule has 2 aliphatic rings. The molecular weight excluding hydrogens is 286 g/mol. The molecule has 0 aromatic heterocycles. The van der Waals surface area contributed by atoms with Gasteiger partial charge in [0.05, 0.1) is 5.56 Å². The van der Waals surface area contributed by atoms with Crippen molar-refractivity contribution < 1.29 is 24.2 Å². The zero-order valence-electron chi connectivity index (χ0n) is 12.9. The summed E-state index contributed by atoms with van der Waals surface area (Å²) in [7, 11) is 0. The Morgan fingerprint density at radius 3 is 2.64 bits per heavy atom. The minimum atomic E-state index is -0.993. The number of rotatable bonds is 1. The van der Waals surface area contributed by atoms with Crippen LogP contribution in [0.3, 0.4) is 0 Å². The Labute approximate surface area is 128 Å². The van der Waals surface area contributed by atoms with Gasteiger partial charge in [-0.1, -0.05) is 0 Å². The third-order valence-electron chi connectivity index (χ3n) is 4.07. The van der Waals surface area contributed by atoms with Gasteiger partial charge in [-0.2, -0.15) is 0 Å². The number of hydrogen-bond donors (Lipinski definition) is 1. The molecule has 1 spiro atoms. The van der Waals surface area contributed by atoms with Crippen LogP contribution < -0.4 is 4.74 Å². The number of aromatic carboxylic acids is 1. The first-order valence-corrected chi connectivity index (χ1v) is 7.24. The molecule has 0 saturated carbocycles. The minimum absolute atomic E-state index is 0.194. The summed E-state index contributed by atoms with van der Waals surface area (Å²) in [5.41, 5.74) is -0.216. The SMILES string of the molecule is CC(C)(C)OC(=O)N1CC[C@@]12COc1ccc(C(=O)O)cc12. The molecule has 2 aliphatic heterocycles. The van der Waals surface area contributed by atoms with E-state index in [2.05, 4.69) is 0 Å². The minimum Gasteiger partial charge on any atom is -0.490 e. The van der Waals surface area contributed by atoms with E-state index in [1.165, 1.54) is 6.07 Å². The molecule has 1 fully saturated rings. The van der Waals surface area contributed by atoms with Crippen molar-refractivity contribution >= 4 is 12.1 Å². The lowest BCUT2D eigenvalue weighted by Crippen LogP contribution is -2.61. The second-order valence-electron chi connectivity index (χ2n) is 6.72. The number of hydrogen-bond acceptors (Lipinski definition) is 4. The molecule has 2 heterocycles. The van der Waals surface area contributed by atoms with Crippen molar-refractivity contribution in [1.29, 1.82) is 0 Å². The van der Waals surface area contributed by atoms with Crippen molar-refractivity contribution in [2.75, 3.05) is 13.2 Å². The summed E-state index contributed by atoms with van der Waals surface area (Å²) < 4.78 is 11.1. The molecule has 0 bridgehead atoms. The molecule has 1 amide bonds. The highest BCUT2D eigenvalue weighted by molar-refractivity contribution is 5.88. The smallest absolute Gasteiger partial charge is 0.411 e. The molecule has 0 unspecified atom stereocenters. The number of carboxylic acid groups (broad SMARTS) is 1. The maximum atomic E-state index is 12.4. The number of carboxylic acids is 1. The van der Waals surface area contributed by atoms with E-state index in [1.54, 1.807) is 17.0 Å². The summed E-state index contributed by atoms with van der Waals surface area (Å²) in [5, 5.41) is 9.16. The first kappa shape index (κ1) is 14.7. The van der Waals surface area contributed by atoms with E-state index < -0.39 is 23.2 Å². The van der Waals surface area contributed by atoms with Crippen LogP contribution in [0.1, 0.15) is 43.1 Å². The standard InChI is InChI=1S/C16H19NO5/c1-15(2,3)22-14(20)17-7-6-16(17)9-21-12-5-4-10(13(18)19)8-11(12)16/h4-5,8H,6-7,9H2,1-3H3,(H,18,19)/t16-/m0/s1. The molecule has 118 valence electrons. The Morgan fingerprint density at radius 1 is 1.36 bits per heavy atom. The Kier molecular flexibility index (Phi) is 3.09. The zero-order valence-corrected chi connectivity index (χ0v) is 12.9. The normalized spacial score (nSPS) is 22.8. The third kappa shape index (κ3) is 2.19. The predicted octanol–water partition coefficient (Wildman–Crippen LogP) is 2.61. The van der Waals surface area contributed by atoms with Gasteiger partial charge in [-0.3, -0.25) is 4.90 Å².